The third-order valence-corrected chi connectivity index (χ3v) is 4.01. The second kappa shape index (κ2) is 4.56. The van der Waals surface area contributed by atoms with Crippen molar-refractivity contribution in [3.05, 3.63) is 47.5 Å². The zero-order valence-corrected chi connectivity index (χ0v) is 11.8. The summed E-state index contributed by atoms with van der Waals surface area (Å²) in [5.74, 6) is -1.33. The van der Waals surface area contributed by atoms with E-state index in [0.717, 1.165) is 25.1 Å². The molecule has 0 unspecified atom stereocenters. The molecule has 0 saturated heterocycles. The van der Waals surface area contributed by atoms with Gasteiger partial charge in [0, 0.05) is 29.9 Å². The summed E-state index contributed by atoms with van der Waals surface area (Å²) in [6, 6.07) is 2.16. The largest absolute Gasteiger partial charge is 0.318 e. The fourth-order valence-corrected chi connectivity index (χ4v) is 2.75. The van der Waals surface area contributed by atoms with Gasteiger partial charge in [-0.15, -0.1) is 0 Å². The standard InChI is InChI=1S/C16H12F3N3/c1-8-11(6-20-7-13(8)19)16-21-14-5-9(17)4-12(18)15(14)22(16)10-2-3-10/h4-7,10H,2-3H2,1H3. The lowest BCUT2D eigenvalue weighted by Crippen LogP contribution is -2.01. The van der Waals surface area contributed by atoms with Gasteiger partial charge < -0.3 is 4.57 Å². The van der Waals surface area contributed by atoms with E-state index in [1.807, 2.05) is 0 Å². The smallest absolute Gasteiger partial charge is 0.152 e. The summed E-state index contributed by atoms with van der Waals surface area (Å²) in [7, 11) is 0. The minimum atomic E-state index is -0.675. The topological polar surface area (TPSA) is 30.7 Å². The average molecular weight is 303 g/mol. The van der Waals surface area contributed by atoms with E-state index in [4.69, 9.17) is 0 Å². The SMILES string of the molecule is Cc1c(F)cncc1-c1nc2cc(F)cc(F)c2n1C1CC1. The third kappa shape index (κ3) is 1.90. The minimum Gasteiger partial charge on any atom is -0.318 e. The number of nitrogens with zero attached hydrogens (tertiary/aromatic N) is 3. The van der Waals surface area contributed by atoms with Crippen molar-refractivity contribution in [2.75, 3.05) is 0 Å². The van der Waals surface area contributed by atoms with E-state index in [0.29, 0.717) is 17.0 Å². The van der Waals surface area contributed by atoms with Crippen molar-refractivity contribution in [2.45, 2.75) is 25.8 Å². The van der Waals surface area contributed by atoms with Crippen molar-refractivity contribution in [3.63, 3.8) is 0 Å². The van der Waals surface area contributed by atoms with Crippen molar-refractivity contribution in [1.82, 2.24) is 14.5 Å². The van der Waals surface area contributed by atoms with Crippen LogP contribution in [0.4, 0.5) is 13.2 Å². The molecule has 0 spiro atoms. The van der Waals surface area contributed by atoms with Crippen molar-refractivity contribution in [1.29, 1.82) is 0 Å². The number of hydrogen-bond acceptors (Lipinski definition) is 2. The first kappa shape index (κ1) is 13.3. The highest BCUT2D eigenvalue weighted by Crippen LogP contribution is 2.42. The molecular weight excluding hydrogens is 291 g/mol. The molecule has 112 valence electrons. The lowest BCUT2D eigenvalue weighted by Gasteiger charge is -2.10. The maximum atomic E-state index is 14.2. The van der Waals surface area contributed by atoms with Crippen LogP contribution in [0.3, 0.4) is 0 Å². The highest BCUT2D eigenvalue weighted by atomic mass is 19.1. The molecule has 0 amide bonds. The molecule has 3 aromatic rings. The number of benzene rings is 1. The van der Waals surface area contributed by atoms with Crippen molar-refractivity contribution in [3.8, 4) is 11.4 Å². The first-order valence-electron chi connectivity index (χ1n) is 7.03. The zero-order chi connectivity index (χ0) is 15.4. The Labute approximate surface area is 124 Å². The lowest BCUT2D eigenvalue weighted by atomic mass is 10.1. The van der Waals surface area contributed by atoms with Gasteiger partial charge in [-0.2, -0.15) is 0 Å². The number of fused-ring (bicyclic) bond motifs is 1. The molecule has 1 aliphatic carbocycles. The molecule has 0 bridgehead atoms. The van der Waals surface area contributed by atoms with Crippen LogP contribution in [0.15, 0.2) is 24.5 Å². The van der Waals surface area contributed by atoms with E-state index < -0.39 is 17.5 Å². The monoisotopic (exact) mass is 303 g/mol. The Bertz CT molecular complexity index is 897. The zero-order valence-electron chi connectivity index (χ0n) is 11.8. The first-order chi connectivity index (χ1) is 10.6. The third-order valence-electron chi connectivity index (χ3n) is 4.01. The quantitative estimate of drug-likeness (QED) is 0.711. The van der Waals surface area contributed by atoms with E-state index in [1.165, 1.54) is 12.3 Å². The Morgan fingerprint density at radius 2 is 1.86 bits per heavy atom. The van der Waals surface area contributed by atoms with Crippen molar-refractivity contribution < 1.29 is 13.2 Å². The Morgan fingerprint density at radius 3 is 2.59 bits per heavy atom. The molecule has 0 radical (unpaired) electrons. The molecule has 1 saturated carbocycles. The van der Waals surface area contributed by atoms with Gasteiger partial charge in [0.25, 0.3) is 0 Å². The van der Waals surface area contributed by atoms with Gasteiger partial charge in [0.15, 0.2) is 5.82 Å². The van der Waals surface area contributed by atoms with Crippen LogP contribution in [-0.2, 0) is 0 Å². The van der Waals surface area contributed by atoms with Crippen molar-refractivity contribution >= 4 is 11.0 Å². The number of pyridine rings is 1. The number of aromatic nitrogens is 3. The Morgan fingerprint density at radius 1 is 1.09 bits per heavy atom. The molecule has 3 nitrogen and oxygen atoms in total. The van der Waals surface area contributed by atoms with Crippen LogP contribution in [0.5, 0.6) is 0 Å². The van der Waals surface area contributed by atoms with Gasteiger partial charge in [-0.3, -0.25) is 4.98 Å². The Balaban J connectivity index is 2.07. The average Bonchev–Trinajstić information content (AvgIpc) is 3.23. The van der Waals surface area contributed by atoms with E-state index in [1.54, 1.807) is 11.5 Å². The summed E-state index contributed by atoms with van der Waals surface area (Å²) in [6.07, 6.45) is 4.43. The van der Waals surface area contributed by atoms with Crippen LogP contribution in [-0.4, -0.2) is 14.5 Å². The van der Waals surface area contributed by atoms with Gasteiger partial charge >= 0.3 is 0 Å². The highest BCUT2D eigenvalue weighted by Gasteiger charge is 2.31. The Hall–Kier alpha value is -2.37. The maximum Gasteiger partial charge on any atom is 0.152 e. The summed E-state index contributed by atoms with van der Waals surface area (Å²) in [5.41, 5.74) is 1.40. The molecule has 22 heavy (non-hydrogen) atoms. The number of imidazole rings is 1. The fourth-order valence-electron chi connectivity index (χ4n) is 2.75. The second-order valence-corrected chi connectivity index (χ2v) is 5.59. The Kier molecular flexibility index (Phi) is 2.76. The van der Waals surface area contributed by atoms with Crippen LogP contribution in [0, 0.1) is 24.4 Å². The predicted molar refractivity (Wildman–Crippen MR) is 75.8 cm³/mol. The van der Waals surface area contributed by atoms with Crippen LogP contribution < -0.4 is 0 Å². The molecule has 4 rings (SSSR count). The van der Waals surface area contributed by atoms with Gasteiger partial charge in [-0.05, 0) is 25.3 Å². The van der Waals surface area contributed by atoms with E-state index in [9.17, 15) is 13.2 Å². The number of hydrogen-bond donors (Lipinski definition) is 0. The van der Waals surface area contributed by atoms with Gasteiger partial charge in [0.2, 0.25) is 0 Å². The summed E-state index contributed by atoms with van der Waals surface area (Å²) in [4.78, 5) is 8.20. The number of rotatable bonds is 2. The molecule has 6 heteroatoms. The summed E-state index contributed by atoms with van der Waals surface area (Å²) in [6.45, 7) is 1.62. The summed E-state index contributed by atoms with van der Waals surface area (Å²) >= 11 is 0. The van der Waals surface area contributed by atoms with Crippen LogP contribution in [0.1, 0.15) is 24.4 Å². The van der Waals surface area contributed by atoms with Gasteiger partial charge in [0.05, 0.1) is 11.7 Å². The normalized spacial score (nSPS) is 14.7. The molecule has 0 aliphatic heterocycles. The molecule has 2 heterocycles. The molecule has 2 aromatic heterocycles. The minimum absolute atomic E-state index is 0.114. The summed E-state index contributed by atoms with van der Waals surface area (Å²) < 4.78 is 43.2. The molecule has 1 aromatic carbocycles. The second-order valence-electron chi connectivity index (χ2n) is 5.59. The van der Waals surface area contributed by atoms with Crippen LogP contribution in [0.2, 0.25) is 0 Å². The molecule has 1 aliphatic rings. The fraction of sp³-hybridized carbons (Fsp3) is 0.250. The predicted octanol–water partition coefficient (Wildman–Crippen LogP) is 4.16. The highest BCUT2D eigenvalue weighted by molar-refractivity contribution is 5.82. The lowest BCUT2D eigenvalue weighted by molar-refractivity contribution is 0.585. The van der Waals surface area contributed by atoms with Crippen LogP contribution in [0.25, 0.3) is 22.4 Å². The van der Waals surface area contributed by atoms with Gasteiger partial charge in [-0.25, -0.2) is 18.2 Å². The van der Waals surface area contributed by atoms with Crippen molar-refractivity contribution in [2.24, 2.45) is 0 Å². The van der Waals surface area contributed by atoms with E-state index >= 15 is 0 Å². The molecule has 1 fully saturated rings. The van der Waals surface area contributed by atoms with Gasteiger partial charge in [0.1, 0.15) is 23.0 Å². The van der Waals surface area contributed by atoms with E-state index in [-0.39, 0.29) is 17.1 Å². The molecule has 0 atom stereocenters. The van der Waals surface area contributed by atoms with Crippen LogP contribution >= 0.6 is 0 Å². The molecular formula is C16H12F3N3. The molecule has 0 N–H and O–H groups in total. The maximum absolute atomic E-state index is 14.2. The first-order valence-corrected chi connectivity index (χ1v) is 7.03. The summed E-state index contributed by atoms with van der Waals surface area (Å²) in [5, 5.41) is 0. The van der Waals surface area contributed by atoms with E-state index in [2.05, 4.69) is 9.97 Å². The number of halogens is 3. The van der Waals surface area contributed by atoms with Gasteiger partial charge in [-0.1, -0.05) is 0 Å².